The normalized spacial score (nSPS) is 11.2. The molecule has 1 aromatic carbocycles. The van der Waals surface area contributed by atoms with Crippen LogP contribution in [0.15, 0.2) is 36.5 Å². The van der Waals surface area contributed by atoms with Gasteiger partial charge in [-0.15, -0.1) is 0 Å². The van der Waals surface area contributed by atoms with Gasteiger partial charge in [-0.1, -0.05) is 48.2 Å². The average Bonchev–Trinajstić information content (AvgIpc) is 2.37. The first kappa shape index (κ1) is 12.6. The van der Waals surface area contributed by atoms with E-state index in [9.17, 15) is 4.79 Å². The van der Waals surface area contributed by atoms with Crippen LogP contribution in [0.5, 0.6) is 0 Å². The molecule has 0 atom stereocenters. The van der Waals surface area contributed by atoms with E-state index in [2.05, 4.69) is 4.98 Å². The van der Waals surface area contributed by atoms with E-state index in [0.717, 1.165) is 16.3 Å². The highest BCUT2D eigenvalue weighted by Crippen LogP contribution is 2.23. The highest BCUT2D eigenvalue weighted by molar-refractivity contribution is 8.13. The van der Waals surface area contributed by atoms with Crippen LogP contribution in [0.1, 0.15) is 12.5 Å². The first-order valence-corrected chi connectivity index (χ1v) is 6.60. The lowest BCUT2D eigenvalue weighted by molar-refractivity contribution is -0.109. The Balaban J connectivity index is 2.29. The van der Waals surface area contributed by atoms with Gasteiger partial charge in [-0.25, -0.2) is 4.98 Å². The van der Waals surface area contributed by atoms with Crippen LogP contribution in [0.25, 0.3) is 16.8 Å². The summed E-state index contributed by atoms with van der Waals surface area (Å²) in [6.45, 7) is 1.57. The van der Waals surface area contributed by atoms with Gasteiger partial charge in [0.15, 0.2) is 5.12 Å². The van der Waals surface area contributed by atoms with Gasteiger partial charge >= 0.3 is 0 Å². The summed E-state index contributed by atoms with van der Waals surface area (Å²) in [6, 6.07) is 7.90. The van der Waals surface area contributed by atoms with Crippen LogP contribution >= 0.6 is 11.8 Å². The molecule has 3 nitrogen and oxygen atoms in total. The summed E-state index contributed by atoms with van der Waals surface area (Å²) < 4.78 is 0. The van der Waals surface area contributed by atoms with Crippen LogP contribution in [0, 0.1) is 0 Å². The van der Waals surface area contributed by atoms with Crippen LogP contribution in [0.4, 0.5) is 5.82 Å². The summed E-state index contributed by atoms with van der Waals surface area (Å²) in [7, 11) is 0. The highest BCUT2D eigenvalue weighted by Gasteiger charge is 2.01. The standard InChI is InChI=1S/C14H14N2OS/c1-10(17)18-8-4-5-11-9-16-14(15)13-7-3-2-6-12(11)13/h2-7,9H,8H2,1H3,(H2,15,16). The molecular weight excluding hydrogens is 244 g/mol. The van der Waals surface area contributed by atoms with Gasteiger partial charge in [0.2, 0.25) is 0 Å². The molecule has 0 amide bonds. The zero-order valence-electron chi connectivity index (χ0n) is 10.1. The van der Waals surface area contributed by atoms with Gasteiger partial charge in [-0.2, -0.15) is 0 Å². The smallest absolute Gasteiger partial charge is 0.186 e. The Morgan fingerprint density at radius 1 is 1.39 bits per heavy atom. The van der Waals surface area contributed by atoms with Gasteiger partial charge in [0, 0.05) is 29.8 Å². The van der Waals surface area contributed by atoms with E-state index in [1.807, 2.05) is 36.4 Å². The molecule has 0 fully saturated rings. The van der Waals surface area contributed by atoms with Crippen molar-refractivity contribution in [3.63, 3.8) is 0 Å². The second kappa shape index (κ2) is 5.69. The molecule has 0 aliphatic carbocycles. The second-order valence-corrected chi connectivity index (χ2v) is 5.05. The topological polar surface area (TPSA) is 56.0 Å². The molecule has 2 N–H and O–H groups in total. The van der Waals surface area contributed by atoms with Crippen molar-refractivity contribution in [3.8, 4) is 0 Å². The van der Waals surface area contributed by atoms with Crippen LogP contribution in [-0.4, -0.2) is 15.9 Å². The van der Waals surface area contributed by atoms with Crippen molar-refractivity contribution < 1.29 is 4.79 Å². The molecule has 4 heteroatoms. The maximum Gasteiger partial charge on any atom is 0.186 e. The third kappa shape index (κ3) is 2.90. The van der Waals surface area contributed by atoms with Gasteiger partial charge in [-0.05, 0) is 5.39 Å². The number of aromatic nitrogens is 1. The van der Waals surface area contributed by atoms with E-state index in [-0.39, 0.29) is 5.12 Å². The van der Waals surface area contributed by atoms with Crippen molar-refractivity contribution in [2.75, 3.05) is 11.5 Å². The molecular formula is C14H14N2OS. The third-order valence-electron chi connectivity index (χ3n) is 2.54. The number of carbonyl (C=O) groups excluding carboxylic acids is 1. The van der Waals surface area contributed by atoms with Crippen molar-refractivity contribution in [2.45, 2.75) is 6.92 Å². The number of carbonyl (C=O) groups is 1. The maximum absolute atomic E-state index is 10.8. The quantitative estimate of drug-likeness (QED) is 0.919. The number of benzene rings is 1. The lowest BCUT2D eigenvalue weighted by atomic mass is 10.1. The number of hydrogen-bond donors (Lipinski definition) is 1. The minimum absolute atomic E-state index is 0.125. The number of fused-ring (bicyclic) bond motifs is 1. The lowest BCUT2D eigenvalue weighted by Gasteiger charge is -2.04. The number of hydrogen-bond acceptors (Lipinski definition) is 4. The van der Waals surface area contributed by atoms with Crippen molar-refractivity contribution in [3.05, 3.63) is 42.1 Å². The molecule has 92 valence electrons. The Morgan fingerprint density at radius 2 is 2.11 bits per heavy atom. The SMILES string of the molecule is CC(=O)SCC=Cc1cnc(N)c2ccccc12. The van der Waals surface area contributed by atoms with E-state index in [4.69, 9.17) is 5.73 Å². The number of nitrogen functional groups attached to an aromatic ring is 1. The molecule has 0 radical (unpaired) electrons. The fourth-order valence-electron chi connectivity index (χ4n) is 1.71. The fourth-order valence-corrected chi connectivity index (χ4v) is 2.14. The van der Waals surface area contributed by atoms with Crippen LogP contribution in [0.2, 0.25) is 0 Å². The Morgan fingerprint density at radius 3 is 2.83 bits per heavy atom. The summed E-state index contributed by atoms with van der Waals surface area (Å²) in [4.78, 5) is 15.0. The summed E-state index contributed by atoms with van der Waals surface area (Å²) in [6.07, 6.45) is 5.70. The molecule has 2 rings (SSSR count). The predicted octanol–water partition coefficient (Wildman–Crippen LogP) is 3.11. The van der Waals surface area contributed by atoms with Gasteiger partial charge < -0.3 is 5.73 Å². The van der Waals surface area contributed by atoms with Crippen LogP contribution in [0.3, 0.4) is 0 Å². The number of nitrogens with two attached hydrogens (primary N) is 1. The zero-order valence-corrected chi connectivity index (χ0v) is 10.9. The second-order valence-electron chi connectivity index (χ2n) is 3.85. The van der Waals surface area contributed by atoms with Crippen molar-refractivity contribution in [2.24, 2.45) is 0 Å². The number of anilines is 1. The van der Waals surface area contributed by atoms with Crippen molar-refractivity contribution >= 4 is 39.5 Å². The molecule has 0 saturated heterocycles. The predicted molar refractivity (Wildman–Crippen MR) is 78.3 cm³/mol. The summed E-state index contributed by atoms with van der Waals surface area (Å²) in [5.74, 6) is 1.22. The highest BCUT2D eigenvalue weighted by atomic mass is 32.2. The monoisotopic (exact) mass is 258 g/mol. The molecule has 0 bridgehead atoms. The minimum Gasteiger partial charge on any atom is -0.383 e. The van der Waals surface area contributed by atoms with Crippen LogP contribution in [-0.2, 0) is 4.79 Å². The Labute approximate surface area is 110 Å². The first-order chi connectivity index (χ1) is 8.68. The summed E-state index contributed by atoms with van der Waals surface area (Å²) in [5.41, 5.74) is 6.85. The molecule has 0 spiro atoms. The maximum atomic E-state index is 10.8. The number of thioether (sulfide) groups is 1. The van der Waals surface area contributed by atoms with Crippen LogP contribution < -0.4 is 5.73 Å². The third-order valence-corrected chi connectivity index (χ3v) is 3.30. The molecule has 1 aromatic heterocycles. The number of nitrogens with zero attached hydrogens (tertiary/aromatic N) is 1. The van der Waals surface area contributed by atoms with Gasteiger partial charge in [0.1, 0.15) is 5.82 Å². The van der Waals surface area contributed by atoms with E-state index in [0.29, 0.717) is 11.6 Å². The average molecular weight is 258 g/mol. The van der Waals surface area contributed by atoms with Crippen molar-refractivity contribution in [1.29, 1.82) is 0 Å². The number of rotatable bonds is 3. The molecule has 2 aromatic rings. The zero-order chi connectivity index (χ0) is 13.0. The lowest BCUT2D eigenvalue weighted by Crippen LogP contribution is -1.92. The van der Waals surface area contributed by atoms with Gasteiger partial charge in [0.05, 0.1) is 0 Å². The first-order valence-electron chi connectivity index (χ1n) is 5.61. The van der Waals surface area contributed by atoms with E-state index in [1.54, 1.807) is 13.1 Å². The van der Waals surface area contributed by atoms with E-state index < -0.39 is 0 Å². The van der Waals surface area contributed by atoms with E-state index in [1.165, 1.54) is 11.8 Å². The molecule has 0 aliphatic rings. The Bertz CT molecular complexity index is 608. The minimum atomic E-state index is 0.125. The Kier molecular flexibility index (Phi) is 3.99. The fraction of sp³-hybridized carbons (Fsp3) is 0.143. The van der Waals surface area contributed by atoms with Crippen molar-refractivity contribution in [1.82, 2.24) is 4.98 Å². The van der Waals surface area contributed by atoms with Gasteiger partial charge in [0.25, 0.3) is 0 Å². The Hall–Kier alpha value is -1.81. The molecule has 0 saturated carbocycles. The summed E-state index contributed by atoms with van der Waals surface area (Å²) >= 11 is 1.29. The largest absolute Gasteiger partial charge is 0.383 e. The summed E-state index contributed by atoms with van der Waals surface area (Å²) in [5, 5.41) is 2.16. The molecule has 1 heterocycles. The van der Waals surface area contributed by atoms with E-state index >= 15 is 0 Å². The molecule has 0 unspecified atom stereocenters. The number of pyridine rings is 1. The van der Waals surface area contributed by atoms with Gasteiger partial charge in [-0.3, -0.25) is 4.79 Å². The molecule has 18 heavy (non-hydrogen) atoms. The molecule has 0 aliphatic heterocycles.